The van der Waals surface area contributed by atoms with Gasteiger partial charge in [-0.1, -0.05) is 18.2 Å². The third-order valence-electron chi connectivity index (χ3n) is 4.38. The maximum Gasteiger partial charge on any atom is 0.126 e. The molecule has 2 aromatic heterocycles. The molecule has 25 heavy (non-hydrogen) atoms. The van der Waals surface area contributed by atoms with E-state index in [1.54, 1.807) is 18.5 Å². The first-order chi connectivity index (χ1) is 12.3. The van der Waals surface area contributed by atoms with Crippen LogP contribution in [0.5, 0.6) is 0 Å². The number of pyridine rings is 1. The molecular formula is C19H19FN4O. The molecule has 1 saturated heterocycles. The van der Waals surface area contributed by atoms with Crippen molar-refractivity contribution >= 4 is 0 Å². The van der Waals surface area contributed by atoms with Gasteiger partial charge in [-0.15, -0.1) is 0 Å². The lowest BCUT2D eigenvalue weighted by molar-refractivity contribution is -0.0161. The number of H-pyrrole nitrogens is 1. The monoisotopic (exact) mass is 338 g/mol. The van der Waals surface area contributed by atoms with Gasteiger partial charge in [0.1, 0.15) is 11.6 Å². The summed E-state index contributed by atoms with van der Waals surface area (Å²) in [5, 5.41) is 0. The van der Waals surface area contributed by atoms with Crippen molar-refractivity contribution in [2.24, 2.45) is 0 Å². The van der Waals surface area contributed by atoms with Gasteiger partial charge in [0.25, 0.3) is 0 Å². The van der Waals surface area contributed by atoms with Gasteiger partial charge in [0, 0.05) is 24.8 Å². The zero-order valence-corrected chi connectivity index (χ0v) is 13.7. The van der Waals surface area contributed by atoms with Gasteiger partial charge in [0.2, 0.25) is 0 Å². The topological polar surface area (TPSA) is 54.0 Å². The number of imidazole rings is 1. The fourth-order valence-corrected chi connectivity index (χ4v) is 3.09. The molecule has 1 aromatic carbocycles. The molecule has 3 heterocycles. The molecule has 0 radical (unpaired) electrons. The summed E-state index contributed by atoms with van der Waals surface area (Å²) < 4.78 is 19.1. The summed E-state index contributed by atoms with van der Waals surface area (Å²) in [5.41, 5.74) is 2.61. The molecule has 0 saturated carbocycles. The second-order valence-electron chi connectivity index (χ2n) is 6.07. The maximum atomic E-state index is 13.4. The molecule has 1 aliphatic rings. The molecule has 3 aromatic rings. The standard InChI is InChI=1S/C19H19FN4O/c20-15-5-3-4-14(10-15)17-11-22-19(23-17)18-13-25-9-8-24(18)12-16-6-1-2-7-21-16/h1-7,10-11,18H,8-9,12-13H2,(H,22,23)/t18-/m0/s1. The largest absolute Gasteiger partial charge is 0.378 e. The Bertz CT molecular complexity index is 836. The first-order valence-electron chi connectivity index (χ1n) is 8.32. The zero-order valence-electron chi connectivity index (χ0n) is 13.7. The Hall–Kier alpha value is -2.57. The molecule has 4 rings (SSSR count). The Kier molecular flexibility index (Phi) is 4.54. The maximum absolute atomic E-state index is 13.4. The van der Waals surface area contributed by atoms with Crippen LogP contribution < -0.4 is 0 Å². The average Bonchev–Trinajstić information content (AvgIpc) is 3.13. The number of hydrogen-bond donors (Lipinski definition) is 1. The number of nitrogens with zero attached hydrogens (tertiary/aromatic N) is 3. The highest BCUT2D eigenvalue weighted by Gasteiger charge is 2.27. The molecule has 1 fully saturated rings. The summed E-state index contributed by atoms with van der Waals surface area (Å²) in [6, 6.07) is 12.5. The highest BCUT2D eigenvalue weighted by Crippen LogP contribution is 2.26. The number of nitrogens with one attached hydrogen (secondary N) is 1. The van der Waals surface area contributed by atoms with Crippen LogP contribution in [0.1, 0.15) is 17.6 Å². The lowest BCUT2D eigenvalue weighted by Gasteiger charge is -2.34. The summed E-state index contributed by atoms with van der Waals surface area (Å²) in [5.74, 6) is 0.571. The molecule has 0 spiro atoms. The highest BCUT2D eigenvalue weighted by molar-refractivity contribution is 5.58. The van der Waals surface area contributed by atoms with Crippen LogP contribution in [-0.2, 0) is 11.3 Å². The lowest BCUT2D eigenvalue weighted by Crippen LogP contribution is -2.39. The van der Waals surface area contributed by atoms with Crippen molar-refractivity contribution in [3.05, 3.63) is 72.2 Å². The van der Waals surface area contributed by atoms with Crippen molar-refractivity contribution in [3.63, 3.8) is 0 Å². The highest BCUT2D eigenvalue weighted by atomic mass is 19.1. The van der Waals surface area contributed by atoms with Crippen LogP contribution in [0.15, 0.2) is 54.9 Å². The van der Waals surface area contributed by atoms with E-state index in [2.05, 4.69) is 19.9 Å². The molecule has 1 aliphatic heterocycles. The molecule has 0 amide bonds. The zero-order chi connectivity index (χ0) is 17.1. The summed E-state index contributed by atoms with van der Waals surface area (Å²) in [4.78, 5) is 14.6. The van der Waals surface area contributed by atoms with Crippen LogP contribution in [0.4, 0.5) is 4.39 Å². The molecule has 128 valence electrons. The van der Waals surface area contributed by atoms with Crippen molar-refractivity contribution in [1.29, 1.82) is 0 Å². The van der Waals surface area contributed by atoms with Crippen molar-refractivity contribution in [3.8, 4) is 11.3 Å². The van der Waals surface area contributed by atoms with Gasteiger partial charge in [-0.3, -0.25) is 9.88 Å². The molecule has 1 atom stereocenters. The van der Waals surface area contributed by atoms with E-state index in [9.17, 15) is 4.39 Å². The fourth-order valence-electron chi connectivity index (χ4n) is 3.09. The van der Waals surface area contributed by atoms with Crippen LogP contribution in [0.2, 0.25) is 0 Å². The minimum absolute atomic E-state index is 0.0260. The van der Waals surface area contributed by atoms with Gasteiger partial charge in [-0.05, 0) is 24.3 Å². The second kappa shape index (κ2) is 7.13. The van der Waals surface area contributed by atoms with Crippen LogP contribution in [-0.4, -0.2) is 39.6 Å². The van der Waals surface area contributed by atoms with E-state index in [0.29, 0.717) is 13.2 Å². The third-order valence-corrected chi connectivity index (χ3v) is 4.38. The molecule has 1 N–H and O–H groups in total. The molecule has 0 aliphatic carbocycles. The van der Waals surface area contributed by atoms with Crippen molar-refractivity contribution < 1.29 is 9.13 Å². The van der Waals surface area contributed by atoms with Crippen molar-refractivity contribution in [1.82, 2.24) is 19.9 Å². The van der Waals surface area contributed by atoms with Gasteiger partial charge >= 0.3 is 0 Å². The Morgan fingerprint density at radius 1 is 1.20 bits per heavy atom. The minimum atomic E-state index is -0.258. The number of hydrogen-bond acceptors (Lipinski definition) is 4. The van der Waals surface area contributed by atoms with Crippen LogP contribution in [0.3, 0.4) is 0 Å². The number of aromatic nitrogens is 3. The molecular weight excluding hydrogens is 319 g/mol. The van der Waals surface area contributed by atoms with Crippen LogP contribution in [0, 0.1) is 5.82 Å². The first kappa shape index (κ1) is 15.9. The number of halogens is 1. The SMILES string of the molecule is Fc1cccc(-c2cnc([C@@H]3COCCN3Cc3ccccn3)[nH]2)c1. The van der Waals surface area contributed by atoms with Gasteiger partial charge in [0.15, 0.2) is 0 Å². The van der Waals surface area contributed by atoms with Gasteiger partial charge in [0.05, 0.1) is 36.8 Å². The van der Waals surface area contributed by atoms with Crippen LogP contribution in [0.25, 0.3) is 11.3 Å². The molecule has 6 heteroatoms. The quantitative estimate of drug-likeness (QED) is 0.794. The second-order valence-corrected chi connectivity index (χ2v) is 6.07. The Labute approximate surface area is 145 Å². The Balaban J connectivity index is 1.57. The molecule has 0 unspecified atom stereocenters. The van der Waals surface area contributed by atoms with E-state index in [0.717, 1.165) is 35.9 Å². The number of benzene rings is 1. The Morgan fingerprint density at radius 3 is 3.00 bits per heavy atom. The average molecular weight is 338 g/mol. The fraction of sp³-hybridized carbons (Fsp3) is 0.263. The lowest BCUT2D eigenvalue weighted by atomic mass is 10.1. The van der Waals surface area contributed by atoms with E-state index >= 15 is 0 Å². The summed E-state index contributed by atoms with van der Waals surface area (Å²) >= 11 is 0. The predicted octanol–water partition coefficient (Wildman–Crippen LogP) is 3.18. The van der Waals surface area contributed by atoms with Gasteiger partial charge in [-0.25, -0.2) is 9.37 Å². The molecule has 5 nitrogen and oxygen atoms in total. The van der Waals surface area contributed by atoms with Crippen LogP contribution >= 0.6 is 0 Å². The van der Waals surface area contributed by atoms with E-state index in [4.69, 9.17) is 4.74 Å². The predicted molar refractivity (Wildman–Crippen MR) is 92.2 cm³/mol. The number of rotatable bonds is 4. The normalized spacial score (nSPS) is 18.4. The van der Waals surface area contributed by atoms with E-state index in [1.165, 1.54) is 12.1 Å². The third kappa shape index (κ3) is 3.60. The van der Waals surface area contributed by atoms with Crippen molar-refractivity contribution in [2.45, 2.75) is 12.6 Å². The van der Waals surface area contributed by atoms with E-state index < -0.39 is 0 Å². The Morgan fingerprint density at radius 2 is 2.16 bits per heavy atom. The van der Waals surface area contributed by atoms with Gasteiger partial charge < -0.3 is 9.72 Å². The molecule has 0 bridgehead atoms. The number of aromatic amines is 1. The first-order valence-corrected chi connectivity index (χ1v) is 8.32. The van der Waals surface area contributed by atoms with Gasteiger partial charge in [-0.2, -0.15) is 0 Å². The number of morpholine rings is 1. The summed E-state index contributed by atoms with van der Waals surface area (Å²) in [6.07, 6.45) is 3.55. The number of ether oxygens (including phenoxy) is 1. The summed E-state index contributed by atoms with van der Waals surface area (Å²) in [6.45, 7) is 2.83. The van der Waals surface area contributed by atoms with E-state index in [1.807, 2.05) is 24.3 Å². The minimum Gasteiger partial charge on any atom is -0.378 e. The van der Waals surface area contributed by atoms with Crippen molar-refractivity contribution in [2.75, 3.05) is 19.8 Å². The summed E-state index contributed by atoms with van der Waals surface area (Å²) in [7, 11) is 0. The smallest absolute Gasteiger partial charge is 0.126 e. The van der Waals surface area contributed by atoms with E-state index in [-0.39, 0.29) is 11.9 Å².